The van der Waals surface area contributed by atoms with Crippen LogP contribution in [-0.2, 0) is 16.0 Å². The molecule has 0 unspecified atom stereocenters. The van der Waals surface area contributed by atoms with Crippen LogP contribution in [0.5, 0.6) is 11.5 Å². The molecule has 2 amide bonds. The minimum atomic E-state index is -0.600. The molecule has 26 heavy (non-hydrogen) atoms. The molecule has 0 saturated carbocycles. The van der Waals surface area contributed by atoms with Crippen LogP contribution >= 0.6 is 0 Å². The second-order valence-electron chi connectivity index (χ2n) is 6.10. The van der Waals surface area contributed by atoms with Crippen molar-refractivity contribution in [1.29, 1.82) is 0 Å². The molecule has 0 spiro atoms. The summed E-state index contributed by atoms with van der Waals surface area (Å²) in [5.74, 6) is 1.01. The minimum absolute atomic E-state index is 0.0217. The second-order valence-corrected chi connectivity index (χ2v) is 6.10. The highest BCUT2D eigenvalue weighted by molar-refractivity contribution is 6.03. The van der Waals surface area contributed by atoms with Crippen molar-refractivity contribution in [3.63, 3.8) is 0 Å². The highest BCUT2D eigenvalue weighted by Crippen LogP contribution is 2.33. The van der Waals surface area contributed by atoms with Gasteiger partial charge < -0.3 is 14.8 Å². The SMILES string of the molecule is COc1ccc(CCNC(=O)CN2C(=O)[C@H](C)Oc3ccccc32)cc1. The predicted octanol–water partition coefficient (Wildman–Crippen LogP) is 2.17. The van der Waals surface area contributed by atoms with E-state index in [9.17, 15) is 9.59 Å². The lowest BCUT2D eigenvalue weighted by Gasteiger charge is -2.32. The third-order valence-corrected chi connectivity index (χ3v) is 4.27. The number of amides is 2. The Bertz CT molecular complexity index is 789. The van der Waals surface area contributed by atoms with E-state index in [1.807, 2.05) is 36.4 Å². The summed E-state index contributed by atoms with van der Waals surface area (Å²) in [6, 6.07) is 15.0. The summed E-state index contributed by atoms with van der Waals surface area (Å²) in [6.07, 6.45) is 0.108. The summed E-state index contributed by atoms with van der Waals surface area (Å²) in [5.41, 5.74) is 1.73. The molecule has 6 nitrogen and oxygen atoms in total. The number of para-hydroxylation sites is 2. The first-order chi connectivity index (χ1) is 12.6. The van der Waals surface area contributed by atoms with Crippen molar-refractivity contribution in [3.05, 3.63) is 54.1 Å². The van der Waals surface area contributed by atoms with Gasteiger partial charge in [0.1, 0.15) is 18.0 Å². The maximum Gasteiger partial charge on any atom is 0.268 e. The molecule has 0 aromatic heterocycles. The van der Waals surface area contributed by atoms with Crippen molar-refractivity contribution in [2.75, 3.05) is 25.1 Å². The van der Waals surface area contributed by atoms with Gasteiger partial charge >= 0.3 is 0 Å². The summed E-state index contributed by atoms with van der Waals surface area (Å²) >= 11 is 0. The Morgan fingerprint density at radius 2 is 1.92 bits per heavy atom. The zero-order chi connectivity index (χ0) is 18.5. The zero-order valence-electron chi connectivity index (χ0n) is 14.9. The van der Waals surface area contributed by atoms with Crippen LogP contribution in [0, 0.1) is 0 Å². The van der Waals surface area contributed by atoms with Gasteiger partial charge in [-0.3, -0.25) is 14.5 Å². The van der Waals surface area contributed by atoms with Gasteiger partial charge in [-0.15, -0.1) is 0 Å². The van der Waals surface area contributed by atoms with Crippen LogP contribution < -0.4 is 19.7 Å². The maximum atomic E-state index is 12.4. The zero-order valence-corrected chi connectivity index (χ0v) is 14.9. The first kappa shape index (κ1) is 17.8. The molecule has 2 aromatic carbocycles. The number of hydrogen-bond acceptors (Lipinski definition) is 4. The third kappa shape index (κ3) is 3.96. The Labute approximate surface area is 152 Å². The molecule has 0 fully saturated rings. The van der Waals surface area contributed by atoms with Crippen molar-refractivity contribution < 1.29 is 19.1 Å². The lowest BCUT2D eigenvalue weighted by molar-refractivity contribution is -0.128. The van der Waals surface area contributed by atoms with Gasteiger partial charge in [-0.1, -0.05) is 24.3 Å². The number of carbonyl (C=O) groups is 2. The molecule has 0 bridgehead atoms. The minimum Gasteiger partial charge on any atom is -0.497 e. The molecule has 3 rings (SSSR count). The van der Waals surface area contributed by atoms with Gasteiger partial charge in [-0.05, 0) is 43.2 Å². The van der Waals surface area contributed by atoms with E-state index in [-0.39, 0.29) is 18.4 Å². The third-order valence-electron chi connectivity index (χ3n) is 4.27. The molecule has 1 aliphatic rings. The monoisotopic (exact) mass is 354 g/mol. The fourth-order valence-corrected chi connectivity index (χ4v) is 2.86. The van der Waals surface area contributed by atoms with Crippen LogP contribution in [0.2, 0.25) is 0 Å². The molecule has 6 heteroatoms. The van der Waals surface area contributed by atoms with Crippen molar-refractivity contribution in [3.8, 4) is 11.5 Å². The summed E-state index contributed by atoms with van der Waals surface area (Å²) in [4.78, 5) is 26.2. The normalized spacial score (nSPS) is 15.8. The molecule has 0 radical (unpaired) electrons. The fourth-order valence-electron chi connectivity index (χ4n) is 2.86. The van der Waals surface area contributed by atoms with E-state index in [0.717, 1.165) is 11.3 Å². The molecule has 1 atom stereocenters. The lowest BCUT2D eigenvalue weighted by atomic mass is 10.1. The molecular weight excluding hydrogens is 332 g/mol. The maximum absolute atomic E-state index is 12.4. The molecule has 0 aliphatic carbocycles. The van der Waals surface area contributed by atoms with Crippen LogP contribution in [0.3, 0.4) is 0 Å². The Morgan fingerprint density at radius 1 is 1.19 bits per heavy atom. The Kier molecular flexibility index (Phi) is 5.41. The summed E-state index contributed by atoms with van der Waals surface area (Å²) < 4.78 is 10.7. The average molecular weight is 354 g/mol. The molecule has 1 aliphatic heterocycles. The summed E-state index contributed by atoms with van der Waals surface area (Å²) in [7, 11) is 1.63. The van der Waals surface area contributed by atoms with E-state index < -0.39 is 6.10 Å². The smallest absolute Gasteiger partial charge is 0.268 e. The number of carbonyl (C=O) groups excluding carboxylic acids is 2. The predicted molar refractivity (Wildman–Crippen MR) is 98.6 cm³/mol. The Morgan fingerprint density at radius 3 is 2.65 bits per heavy atom. The first-order valence-electron chi connectivity index (χ1n) is 8.55. The van der Waals surface area contributed by atoms with Gasteiger partial charge in [0.15, 0.2) is 6.10 Å². The first-order valence-corrected chi connectivity index (χ1v) is 8.55. The number of benzene rings is 2. The van der Waals surface area contributed by atoms with Gasteiger partial charge in [-0.2, -0.15) is 0 Å². The van der Waals surface area contributed by atoms with Crippen LogP contribution in [-0.4, -0.2) is 38.1 Å². The van der Waals surface area contributed by atoms with Crippen LogP contribution in [0.25, 0.3) is 0 Å². The fraction of sp³-hybridized carbons (Fsp3) is 0.300. The highest BCUT2D eigenvalue weighted by atomic mass is 16.5. The van der Waals surface area contributed by atoms with E-state index in [1.165, 1.54) is 4.90 Å². The Hall–Kier alpha value is -3.02. The quantitative estimate of drug-likeness (QED) is 0.863. The summed E-state index contributed by atoms with van der Waals surface area (Å²) in [6.45, 7) is 2.17. The van der Waals surface area contributed by atoms with E-state index in [4.69, 9.17) is 9.47 Å². The lowest BCUT2D eigenvalue weighted by Crippen LogP contribution is -2.49. The molecule has 2 aromatic rings. The van der Waals surface area contributed by atoms with Gasteiger partial charge in [0.05, 0.1) is 12.8 Å². The van der Waals surface area contributed by atoms with E-state index in [0.29, 0.717) is 24.4 Å². The van der Waals surface area contributed by atoms with Crippen molar-refractivity contribution in [1.82, 2.24) is 5.32 Å². The standard InChI is InChI=1S/C20H22N2O4/c1-14-20(24)22(17-5-3-4-6-18(17)26-14)13-19(23)21-12-11-15-7-9-16(25-2)10-8-15/h3-10,14H,11-13H2,1-2H3,(H,21,23)/t14-/m0/s1. The number of nitrogens with zero attached hydrogens (tertiary/aromatic N) is 1. The highest BCUT2D eigenvalue weighted by Gasteiger charge is 2.32. The number of nitrogens with one attached hydrogen (secondary N) is 1. The number of hydrogen-bond donors (Lipinski definition) is 1. The number of rotatable bonds is 6. The number of anilines is 1. The van der Waals surface area contributed by atoms with Crippen molar-refractivity contribution in [2.45, 2.75) is 19.4 Å². The van der Waals surface area contributed by atoms with Gasteiger partial charge in [0.2, 0.25) is 5.91 Å². The van der Waals surface area contributed by atoms with E-state index in [2.05, 4.69) is 5.32 Å². The Balaban J connectivity index is 1.56. The van der Waals surface area contributed by atoms with Crippen LogP contribution in [0.4, 0.5) is 5.69 Å². The molecule has 1 N–H and O–H groups in total. The number of methoxy groups -OCH3 is 1. The van der Waals surface area contributed by atoms with Crippen molar-refractivity contribution in [2.24, 2.45) is 0 Å². The van der Waals surface area contributed by atoms with E-state index in [1.54, 1.807) is 26.2 Å². The van der Waals surface area contributed by atoms with Crippen LogP contribution in [0.1, 0.15) is 12.5 Å². The van der Waals surface area contributed by atoms with Crippen molar-refractivity contribution >= 4 is 17.5 Å². The van der Waals surface area contributed by atoms with Gasteiger partial charge in [0.25, 0.3) is 5.91 Å². The topological polar surface area (TPSA) is 67.9 Å². The average Bonchev–Trinajstić information content (AvgIpc) is 2.66. The van der Waals surface area contributed by atoms with Crippen LogP contribution in [0.15, 0.2) is 48.5 Å². The second kappa shape index (κ2) is 7.91. The van der Waals surface area contributed by atoms with Gasteiger partial charge in [-0.25, -0.2) is 0 Å². The number of fused-ring (bicyclic) bond motifs is 1. The summed E-state index contributed by atoms with van der Waals surface area (Å²) in [5, 5.41) is 2.87. The van der Waals surface area contributed by atoms with E-state index >= 15 is 0 Å². The molecular formula is C20H22N2O4. The molecule has 136 valence electrons. The van der Waals surface area contributed by atoms with Gasteiger partial charge in [0, 0.05) is 6.54 Å². The largest absolute Gasteiger partial charge is 0.497 e. The molecule has 0 saturated heterocycles. The molecule has 1 heterocycles. The number of ether oxygens (including phenoxy) is 2.